The summed E-state index contributed by atoms with van der Waals surface area (Å²) < 4.78 is 0. The van der Waals surface area contributed by atoms with Crippen LogP contribution in [0.5, 0.6) is 17.2 Å². The number of carboxylic acids is 2. The average molecular weight is 648 g/mol. The number of fused-ring (bicyclic) bond motifs is 3. The first-order chi connectivity index (χ1) is 22.9. The third kappa shape index (κ3) is 7.24. The number of hydrogen-bond donors (Lipinski definition) is 6. The van der Waals surface area contributed by atoms with E-state index in [1.54, 1.807) is 66.9 Å². The maximum atomic E-state index is 11.6. The van der Waals surface area contributed by atoms with E-state index in [1.807, 2.05) is 12.1 Å². The molecule has 1 atom stereocenters. The second-order valence-corrected chi connectivity index (χ2v) is 11.9. The van der Waals surface area contributed by atoms with Crippen LogP contribution in [0.15, 0.2) is 91.1 Å². The molecule has 1 aromatic heterocycles. The van der Waals surface area contributed by atoms with Gasteiger partial charge in [0.25, 0.3) is 0 Å². The summed E-state index contributed by atoms with van der Waals surface area (Å²) in [6.45, 7) is 3.17. The molecule has 0 saturated heterocycles. The van der Waals surface area contributed by atoms with E-state index in [0.717, 1.165) is 29.6 Å². The summed E-state index contributed by atoms with van der Waals surface area (Å²) >= 11 is 0. The van der Waals surface area contributed by atoms with Gasteiger partial charge in [0.15, 0.2) is 0 Å². The van der Waals surface area contributed by atoms with Gasteiger partial charge in [-0.3, -0.25) is 4.98 Å². The second kappa shape index (κ2) is 14.3. The summed E-state index contributed by atoms with van der Waals surface area (Å²) in [5.74, 6) is -3.09. The van der Waals surface area contributed by atoms with Gasteiger partial charge < -0.3 is 35.7 Å². The minimum Gasteiger partial charge on any atom is -0.508 e. The number of aromatic hydroxyl groups is 3. The lowest BCUT2D eigenvalue weighted by atomic mass is 9.90. The van der Waals surface area contributed by atoms with E-state index in [2.05, 4.69) is 36.2 Å². The van der Waals surface area contributed by atoms with Crippen molar-refractivity contribution in [3.63, 3.8) is 0 Å². The molecule has 0 aliphatic rings. The Hall–Kier alpha value is -5.87. The van der Waals surface area contributed by atoms with Gasteiger partial charge in [0.05, 0.1) is 11.2 Å². The number of phenolic OH excluding ortho intramolecular Hbond substituents is 1. The Morgan fingerprint density at radius 3 is 1.79 bits per heavy atom. The lowest BCUT2D eigenvalue weighted by Crippen LogP contribution is -2.23. The molecule has 10 heteroatoms. The smallest absolute Gasteiger partial charge is 0.339 e. The van der Waals surface area contributed by atoms with E-state index in [9.17, 15) is 35.1 Å². The molecule has 0 bridgehead atoms. The van der Waals surface area contributed by atoms with Gasteiger partial charge in [-0.05, 0) is 79.8 Å². The molecule has 10 nitrogen and oxygen atoms in total. The Morgan fingerprint density at radius 2 is 1.27 bits per heavy atom. The van der Waals surface area contributed by atoms with Gasteiger partial charge in [0, 0.05) is 41.2 Å². The van der Waals surface area contributed by atoms with Crippen molar-refractivity contribution in [2.24, 2.45) is 0 Å². The number of benzene rings is 5. The molecule has 6 aromatic rings. The number of carbonyl (C=O) groups is 2. The zero-order valence-corrected chi connectivity index (χ0v) is 26.8. The Labute approximate surface area is 277 Å². The predicted octanol–water partition coefficient (Wildman–Crippen LogP) is 7.08. The highest BCUT2D eigenvalue weighted by molar-refractivity contribution is 6.02. The first-order valence-corrected chi connectivity index (χ1v) is 15.4. The number of aromatic nitrogens is 1. The number of phenols is 3. The molecule has 5 aromatic carbocycles. The van der Waals surface area contributed by atoms with Crippen molar-refractivity contribution in [1.29, 1.82) is 0 Å². The molecule has 1 unspecified atom stereocenters. The standard InChI is InChI=1S/C23H16O6.C15H21N3O/c24-20-16(14-7-3-1-5-12(14)9-18(20)22(26)27)11-17-15-8-4-2-6-13(15)10-19(21(17)25)23(28)29;1-11(6-8-18(2)3)17-14-10-13(19)9-12-5-4-7-16-15(12)14/h1-10,24-25H,11H2,(H,26,27)(H,28,29);4-5,7,9-11,17,19H,6,8H2,1-3H3. The van der Waals surface area contributed by atoms with Crippen LogP contribution in [0.4, 0.5) is 5.69 Å². The third-order valence-electron chi connectivity index (χ3n) is 8.17. The van der Waals surface area contributed by atoms with Crippen molar-refractivity contribution in [3.05, 3.63) is 113 Å². The van der Waals surface area contributed by atoms with Crippen molar-refractivity contribution >= 4 is 50.1 Å². The normalized spacial score (nSPS) is 11.8. The summed E-state index contributed by atoms with van der Waals surface area (Å²) in [6.07, 6.45) is 2.77. The summed E-state index contributed by atoms with van der Waals surface area (Å²) in [4.78, 5) is 29.8. The SMILES string of the molecule is CC(CCN(C)C)Nc1cc(O)cc2cccnc12.O=C(O)c1cc2ccccc2c(Cc2c(O)c(C(=O)O)cc3ccccc23)c1O. The maximum Gasteiger partial charge on any atom is 0.339 e. The van der Waals surface area contributed by atoms with E-state index in [4.69, 9.17) is 0 Å². The van der Waals surface area contributed by atoms with E-state index in [-0.39, 0.29) is 23.3 Å². The van der Waals surface area contributed by atoms with Gasteiger partial charge in [0.1, 0.15) is 28.4 Å². The molecule has 6 rings (SSSR count). The third-order valence-corrected chi connectivity index (χ3v) is 8.17. The van der Waals surface area contributed by atoms with E-state index < -0.39 is 23.4 Å². The van der Waals surface area contributed by atoms with Crippen LogP contribution < -0.4 is 5.32 Å². The van der Waals surface area contributed by atoms with Crippen LogP contribution in [-0.4, -0.2) is 74.0 Å². The van der Waals surface area contributed by atoms with E-state index in [0.29, 0.717) is 38.7 Å². The van der Waals surface area contributed by atoms with Gasteiger partial charge in [-0.25, -0.2) is 9.59 Å². The number of anilines is 1. The first-order valence-electron chi connectivity index (χ1n) is 15.4. The maximum absolute atomic E-state index is 11.6. The number of nitrogens with one attached hydrogen (secondary N) is 1. The highest BCUT2D eigenvalue weighted by Gasteiger charge is 2.22. The largest absolute Gasteiger partial charge is 0.508 e. The number of hydrogen-bond acceptors (Lipinski definition) is 8. The second-order valence-electron chi connectivity index (χ2n) is 11.9. The predicted molar refractivity (Wildman–Crippen MR) is 188 cm³/mol. The molecule has 0 amide bonds. The van der Waals surface area contributed by atoms with Crippen LogP contribution >= 0.6 is 0 Å². The van der Waals surface area contributed by atoms with Gasteiger partial charge in [0.2, 0.25) is 0 Å². The molecule has 1 heterocycles. The number of aromatic carboxylic acids is 2. The lowest BCUT2D eigenvalue weighted by Gasteiger charge is -2.18. The van der Waals surface area contributed by atoms with Gasteiger partial charge in [-0.1, -0.05) is 54.6 Å². The van der Waals surface area contributed by atoms with Crippen LogP contribution in [0.1, 0.15) is 45.2 Å². The number of carboxylic acid groups (broad SMARTS) is 2. The zero-order chi connectivity index (χ0) is 34.5. The Bertz CT molecular complexity index is 2040. The lowest BCUT2D eigenvalue weighted by molar-refractivity contribution is 0.0682. The van der Waals surface area contributed by atoms with Crippen molar-refractivity contribution in [3.8, 4) is 17.2 Å². The fraction of sp³-hybridized carbons (Fsp3) is 0.184. The molecule has 48 heavy (non-hydrogen) atoms. The fourth-order valence-corrected chi connectivity index (χ4v) is 5.76. The van der Waals surface area contributed by atoms with E-state index in [1.165, 1.54) is 12.1 Å². The summed E-state index contributed by atoms with van der Waals surface area (Å²) in [5.41, 5.74) is 1.90. The van der Waals surface area contributed by atoms with Crippen LogP contribution in [-0.2, 0) is 6.42 Å². The number of pyridine rings is 1. The summed E-state index contributed by atoms with van der Waals surface area (Å²) in [7, 11) is 4.13. The molecule has 6 N–H and O–H groups in total. The number of nitrogens with zero attached hydrogens (tertiary/aromatic N) is 2. The molecule has 0 saturated carbocycles. The van der Waals surface area contributed by atoms with Crippen molar-refractivity contribution in [2.45, 2.75) is 25.8 Å². The summed E-state index contributed by atoms with van der Waals surface area (Å²) in [6, 6.07) is 24.4. The molecule has 0 fully saturated rings. The Morgan fingerprint density at radius 1 is 0.750 bits per heavy atom. The first kappa shape index (κ1) is 33.5. The van der Waals surface area contributed by atoms with Crippen molar-refractivity contribution in [1.82, 2.24) is 9.88 Å². The van der Waals surface area contributed by atoms with Crippen LogP contribution in [0.25, 0.3) is 32.4 Å². The topological polar surface area (TPSA) is 163 Å². The quantitative estimate of drug-likeness (QED) is 0.0955. The molecule has 0 spiro atoms. The van der Waals surface area contributed by atoms with Crippen molar-refractivity contribution < 1.29 is 35.1 Å². The summed E-state index contributed by atoms with van der Waals surface area (Å²) in [5, 5.41) is 56.9. The Kier molecular flexibility index (Phi) is 9.96. The van der Waals surface area contributed by atoms with Gasteiger partial charge in [-0.2, -0.15) is 0 Å². The molecular formula is C38H37N3O7. The molecule has 0 aliphatic carbocycles. The fourth-order valence-electron chi connectivity index (χ4n) is 5.76. The van der Waals surface area contributed by atoms with E-state index >= 15 is 0 Å². The molecule has 0 radical (unpaired) electrons. The minimum atomic E-state index is -1.28. The number of rotatable bonds is 9. The molecular weight excluding hydrogens is 610 g/mol. The van der Waals surface area contributed by atoms with Crippen LogP contribution in [0.3, 0.4) is 0 Å². The van der Waals surface area contributed by atoms with Gasteiger partial charge in [-0.15, -0.1) is 0 Å². The Balaban J connectivity index is 0.000000206. The molecule has 246 valence electrons. The highest BCUT2D eigenvalue weighted by Crippen LogP contribution is 2.39. The monoisotopic (exact) mass is 647 g/mol. The average Bonchev–Trinajstić information content (AvgIpc) is 3.05. The molecule has 0 aliphatic heterocycles. The van der Waals surface area contributed by atoms with Crippen LogP contribution in [0.2, 0.25) is 0 Å². The van der Waals surface area contributed by atoms with Gasteiger partial charge >= 0.3 is 11.9 Å². The van der Waals surface area contributed by atoms with Crippen LogP contribution in [0, 0.1) is 0 Å². The van der Waals surface area contributed by atoms with Crippen molar-refractivity contribution in [2.75, 3.05) is 26.0 Å². The zero-order valence-electron chi connectivity index (χ0n) is 26.8. The highest BCUT2D eigenvalue weighted by atomic mass is 16.4. The minimum absolute atomic E-state index is 0.0407.